The third-order valence-corrected chi connectivity index (χ3v) is 3.18. The highest BCUT2D eigenvalue weighted by atomic mass is 32.2. The number of rotatable bonds is 4. The third kappa shape index (κ3) is 2.73. The van der Waals surface area contributed by atoms with Gasteiger partial charge in [0.15, 0.2) is 11.5 Å². The quantitative estimate of drug-likeness (QED) is 0.421. The zero-order valence-corrected chi connectivity index (χ0v) is 11.0. The standard InChI is InChI=1S/C8H10N6O2S2/c1-13(15)18(16)10-6-4-2-3-5-7(6)14-8(17)9-11-12-14/h2-5,10,15H,1H3,(H,9,12,17). The van der Waals surface area contributed by atoms with Gasteiger partial charge in [0.2, 0.25) is 5.16 Å². The molecule has 1 atom stereocenters. The SMILES string of the molecule is CN(O)[S+]([O-])Nc1ccccc1-n1nnnc1S. The number of nitrogens with one attached hydrogen (secondary N) is 1. The molecule has 0 aliphatic rings. The number of para-hydroxylation sites is 2. The molecule has 1 aromatic heterocycles. The summed E-state index contributed by atoms with van der Waals surface area (Å²) in [6, 6.07) is 6.95. The van der Waals surface area contributed by atoms with Gasteiger partial charge in [-0.25, -0.2) is 0 Å². The van der Waals surface area contributed by atoms with Crippen LogP contribution >= 0.6 is 12.6 Å². The van der Waals surface area contributed by atoms with E-state index in [0.29, 0.717) is 21.0 Å². The molecule has 2 rings (SSSR count). The average Bonchev–Trinajstić information content (AvgIpc) is 2.76. The van der Waals surface area contributed by atoms with Crippen LogP contribution in [0.1, 0.15) is 0 Å². The zero-order chi connectivity index (χ0) is 13.1. The Morgan fingerprint density at radius 3 is 2.83 bits per heavy atom. The molecule has 2 aromatic rings. The fraction of sp³-hybridized carbons (Fsp3) is 0.125. The van der Waals surface area contributed by atoms with Crippen molar-refractivity contribution in [2.24, 2.45) is 0 Å². The molecule has 0 aliphatic carbocycles. The van der Waals surface area contributed by atoms with Crippen LogP contribution in [0.2, 0.25) is 0 Å². The van der Waals surface area contributed by atoms with Crippen LogP contribution < -0.4 is 4.72 Å². The summed E-state index contributed by atoms with van der Waals surface area (Å²) in [6.45, 7) is 0. The van der Waals surface area contributed by atoms with E-state index in [2.05, 4.69) is 32.9 Å². The van der Waals surface area contributed by atoms with E-state index >= 15 is 0 Å². The van der Waals surface area contributed by atoms with Crippen molar-refractivity contribution in [1.82, 2.24) is 24.7 Å². The molecular weight excluding hydrogens is 276 g/mol. The van der Waals surface area contributed by atoms with Crippen LogP contribution in [-0.2, 0) is 11.5 Å². The molecule has 1 aromatic carbocycles. The Morgan fingerprint density at radius 2 is 2.22 bits per heavy atom. The molecule has 1 unspecified atom stereocenters. The molecule has 8 nitrogen and oxygen atoms in total. The molecule has 0 bridgehead atoms. The lowest BCUT2D eigenvalue weighted by molar-refractivity contribution is 0.0319. The summed E-state index contributed by atoms with van der Waals surface area (Å²) in [5.41, 5.74) is 1.07. The Kier molecular flexibility index (Phi) is 4.04. The highest BCUT2D eigenvalue weighted by molar-refractivity contribution is 7.90. The molecule has 10 heteroatoms. The first-order valence-corrected chi connectivity index (χ1v) is 6.33. The van der Waals surface area contributed by atoms with Gasteiger partial charge in [-0.1, -0.05) is 12.1 Å². The van der Waals surface area contributed by atoms with E-state index in [-0.39, 0.29) is 0 Å². The van der Waals surface area contributed by atoms with E-state index in [0.717, 1.165) is 0 Å². The fourth-order valence-corrected chi connectivity index (χ4v) is 1.92. The van der Waals surface area contributed by atoms with Crippen molar-refractivity contribution in [3.05, 3.63) is 24.3 Å². The van der Waals surface area contributed by atoms with Gasteiger partial charge in [-0.2, -0.15) is 9.40 Å². The monoisotopic (exact) mass is 286 g/mol. The number of tetrazole rings is 1. The first-order valence-electron chi connectivity index (χ1n) is 4.77. The molecule has 2 N–H and O–H groups in total. The number of aromatic nitrogens is 4. The number of nitrogens with zero attached hydrogens (tertiary/aromatic N) is 5. The van der Waals surface area contributed by atoms with Crippen molar-refractivity contribution < 1.29 is 9.76 Å². The Labute approximate surface area is 111 Å². The molecule has 96 valence electrons. The molecule has 18 heavy (non-hydrogen) atoms. The minimum atomic E-state index is -1.77. The van der Waals surface area contributed by atoms with Crippen LogP contribution in [0, 0.1) is 0 Å². The summed E-state index contributed by atoms with van der Waals surface area (Å²) < 4.78 is 16.1. The summed E-state index contributed by atoms with van der Waals surface area (Å²) in [5.74, 6) is 0. The smallest absolute Gasteiger partial charge is 0.211 e. The van der Waals surface area contributed by atoms with Crippen LogP contribution in [0.5, 0.6) is 0 Å². The van der Waals surface area contributed by atoms with E-state index in [4.69, 9.17) is 5.21 Å². The van der Waals surface area contributed by atoms with Crippen molar-refractivity contribution >= 4 is 29.9 Å². The Balaban J connectivity index is 2.35. The van der Waals surface area contributed by atoms with Gasteiger partial charge in [0, 0.05) is 4.47 Å². The van der Waals surface area contributed by atoms with E-state index in [1.54, 1.807) is 24.3 Å². The molecule has 1 heterocycles. The minimum Gasteiger partial charge on any atom is -0.572 e. The van der Waals surface area contributed by atoms with E-state index in [1.807, 2.05) is 0 Å². The van der Waals surface area contributed by atoms with Gasteiger partial charge in [-0.15, -0.1) is 17.7 Å². The maximum Gasteiger partial charge on any atom is 0.211 e. The molecule has 0 radical (unpaired) electrons. The second-order valence-electron chi connectivity index (χ2n) is 3.22. The Bertz CT molecular complexity index is 534. The maximum atomic E-state index is 11.5. The number of anilines is 1. The molecule has 0 spiro atoms. The van der Waals surface area contributed by atoms with Gasteiger partial charge in [0.05, 0.1) is 12.7 Å². The summed E-state index contributed by atoms with van der Waals surface area (Å²) in [5, 5.41) is 20.3. The van der Waals surface area contributed by atoms with Crippen molar-refractivity contribution in [3.8, 4) is 5.69 Å². The Hall–Kier alpha value is -1.33. The highest BCUT2D eigenvalue weighted by Gasteiger charge is 2.17. The van der Waals surface area contributed by atoms with Crippen molar-refractivity contribution in [2.75, 3.05) is 11.8 Å². The molecule has 0 fully saturated rings. The normalized spacial score (nSPS) is 12.7. The maximum absolute atomic E-state index is 11.5. The van der Waals surface area contributed by atoms with Crippen LogP contribution in [0.15, 0.2) is 29.4 Å². The number of benzene rings is 1. The number of hydrogen-bond acceptors (Lipinski definition) is 8. The summed E-state index contributed by atoms with van der Waals surface area (Å²) in [4.78, 5) is 0. The third-order valence-electron chi connectivity index (χ3n) is 2.02. The summed E-state index contributed by atoms with van der Waals surface area (Å²) in [6.07, 6.45) is 0. The molecule has 0 saturated heterocycles. The van der Waals surface area contributed by atoms with E-state index in [1.165, 1.54) is 11.7 Å². The number of thiol groups is 1. The van der Waals surface area contributed by atoms with E-state index in [9.17, 15) is 4.55 Å². The second-order valence-corrected chi connectivity index (χ2v) is 4.85. The highest BCUT2D eigenvalue weighted by Crippen LogP contribution is 2.22. The Morgan fingerprint density at radius 1 is 1.50 bits per heavy atom. The van der Waals surface area contributed by atoms with Gasteiger partial charge in [-0.05, 0) is 22.6 Å². The van der Waals surface area contributed by atoms with Crippen LogP contribution in [-0.4, -0.2) is 41.5 Å². The topological polar surface area (TPSA) is 102 Å². The fourth-order valence-electron chi connectivity index (χ4n) is 1.24. The summed E-state index contributed by atoms with van der Waals surface area (Å²) >= 11 is 2.33. The van der Waals surface area contributed by atoms with Crippen LogP contribution in [0.4, 0.5) is 5.69 Å². The molecular formula is C8H10N6O2S2. The molecule has 0 saturated carbocycles. The molecule has 0 amide bonds. The average molecular weight is 286 g/mol. The van der Waals surface area contributed by atoms with E-state index < -0.39 is 11.5 Å². The van der Waals surface area contributed by atoms with Gasteiger partial charge in [-0.3, -0.25) is 5.21 Å². The minimum absolute atomic E-state index is 0.299. The van der Waals surface area contributed by atoms with Crippen molar-refractivity contribution in [3.63, 3.8) is 0 Å². The van der Waals surface area contributed by atoms with Crippen molar-refractivity contribution in [1.29, 1.82) is 0 Å². The molecule has 0 aliphatic heterocycles. The second kappa shape index (κ2) is 5.54. The first-order chi connectivity index (χ1) is 8.59. The first kappa shape index (κ1) is 13.1. The lowest BCUT2D eigenvalue weighted by atomic mass is 10.3. The lowest BCUT2D eigenvalue weighted by Crippen LogP contribution is -2.30. The predicted octanol–water partition coefficient (Wildman–Crippen LogP) is 0.263. The zero-order valence-electron chi connectivity index (χ0n) is 9.26. The number of hydrogen-bond donors (Lipinski definition) is 3. The van der Waals surface area contributed by atoms with Crippen LogP contribution in [0.25, 0.3) is 5.69 Å². The van der Waals surface area contributed by atoms with Gasteiger partial charge >= 0.3 is 0 Å². The van der Waals surface area contributed by atoms with Crippen molar-refractivity contribution in [2.45, 2.75) is 5.16 Å². The lowest BCUT2D eigenvalue weighted by Gasteiger charge is -2.16. The number of hydroxylamine groups is 1. The van der Waals surface area contributed by atoms with Gasteiger partial charge in [0.1, 0.15) is 5.69 Å². The predicted molar refractivity (Wildman–Crippen MR) is 67.7 cm³/mol. The largest absolute Gasteiger partial charge is 0.572 e. The summed E-state index contributed by atoms with van der Waals surface area (Å²) in [7, 11) is 1.27. The van der Waals surface area contributed by atoms with Gasteiger partial charge < -0.3 is 4.55 Å². The van der Waals surface area contributed by atoms with Gasteiger partial charge in [0.25, 0.3) is 0 Å². The van der Waals surface area contributed by atoms with Crippen LogP contribution in [0.3, 0.4) is 0 Å².